The monoisotopic (exact) mass is 253 g/mol. The SMILES string of the molecule is COC(=O)CCN(C)c1cncc(C(=O)OC)n1. The second kappa shape index (κ2) is 6.53. The van der Waals surface area contributed by atoms with Crippen molar-refractivity contribution in [3.05, 3.63) is 18.1 Å². The molecule has 0 atom stereocenters. The Morgan fingerprint density at radius 3 is 2.61 bits per heavy atom. The van der Waals surface area contributed by atoms with Crippen molar-refractivity contribution < 1.29 is 19.1 Å². The molecule has 0 aliphatic rings. The van der Waals surface area contributed by atoms with Crippen molar-refractivity contribution in [3.8, 4) is 0 Å². The number of methoxy groups -OCH3 is 2. The minimum Gasteiger partial charge on any atom is -0.469 e. The van der Waals surface area contributed by atoms with Crippen LogP contribution in [-0.4, -0.2) is 49.7 Å². The maximum Gasteiger partial charge on any atom is 0.358 e. The van der Waals surface area contributed by atoms with Crippen LogP contribution in [0.3, 0.4) is 0 Å². The Morgan fingerprint density at radius 2 is 2.00 bits per heavy atom. The maximum atomic E-state index is 11.3. The van der Waals surface area contributed by atoms with Crippen molar-refractivity contribution in [3.63, 3.8) is 0 Å². The van der Waals surface area contributed by atoms with Crippen LogP contribution >= 0.6 is 0 Å². The summed E-state index contributed by atoms with van der Waals surface area (Å²) in [6.07, 6.45) is 3.06. The zero-order valence-corrected chi connectivity index (χ0v) is 10.5. The first-order valence-corrected chi connectivity index (χ1v) is 5.26. The molecule has 1 rings (SSSR count). The van der Waals surface area contributed by atoms with E-state index in [0.29, 0.717) is 12.4 Å². The molecule has 0 aliphatic carbocycles. The van der Waals surface area contributed by atoms with Gasteiger partial charge in [0.05, 0.1) is 33.0 Å². The van der Waals surface area contributed by atoms with Gasteiger partial charge >= 0.3 is 11.9 Å². The van der Waals surface area contributed by atoms with Crippen LogP contribution in [0.15, 0.2) is 12.4 Å². The van der Waals surface area contributed by atoms with Crippen molar-refractivity contribution in [1.82, 2.24) is 9.97 Å². The average Bonchev–Trinajstić information content (AvgIpc) is 2.43. The lowest BCUT2D eigenvalue weighted by atomic mass is 10.4. The number of aromatic nitrogens is 2. The molecule has 1 aromatic rings. The molecule has 0 N–H and O–H groups in total. The Labute approximate surface area is 105 Å². The second-order valence-electron chi connectivity index (χ2n) is 3.50. The molecule has 0 bridgehead atoms. The summed E-state index contributed by atoms with van der Waals surface area (Å²) in [7, 11) is 4.35. The molecule has 0 aromatic carbocycles. The standard InChI is InChI=1S/C11H15N3O4/c1-14(5-4-10(15)17-2)9-7-12-6-8(13-9)11(16)18-3/h6-7H,4-5H2,1-3H3. The van der Waals surface area contributed by atoms with E-state index >= 15 is 0 Å². The number of ether oxygens (including phenoxy) is 2. The largest absolute Gasteiger partial charge is 0.469 e. The number of carbonyl (C=O) groups is 2. The second-order valence-corrected chi connectivity index (χ2v) is 3.50. The van der Waals surface area contributed by atoms with Crippen LogP contribution < -0.4 is 4.90 Å². The van der Waals surface area contributed by atoms with E-state index in [0.717, 1.165) is 0 Å². The van der Waals surface area contributed by atoms with Gasteiger partial charge in [-0.1, -0.05) is 0 Å². The van der Waals surface area contributed by atoms with E-state index in [1.54, 1.807) is 11.9 Å². The van der Waals surface area contributed by atoms with Crippen LogP contribution in [-0.2, 0) is 14.3 Å². The highest BCUT2D eigenvalue weighted by Gasteiger charge is 2.11. The molecule has 0 saturated heterocycles. The smallest absolute Gasteiger partial charge is 0.358 e. The third-order valence-corrected chi connectivity index (χ3v) is 2.29. The van der Waals surface area contributed by atoms with Crippen molar-refractivity contribution in [2.45, 2.75) is 6.42 Å². The molecule has 0 radical (unpaired) electrons. The molecule has 1 aromatic heterocycles. The Kier molecular flexibility index (Phi) is 5.04. The summed E-state index contributed by atoms with van der Waals surface area (Å²) in [5.41, 5.74) is 0.125. The fraction of sp³-hybridized carbons (Fsp3) is 0.455. The van der Waals surface area contributed by atoms with Crippen LogP contribution in [0.25, 0.3) is 0 Å². The summed E-state index contributed by atoms with van der Waals surface area (Å²) in [5.74, 6) is -0.369. The van der Waals surface area contributed by atoms with Crippen LogP contribution in [0, 0.1) is 0 Å². The van der Waals surface area contributed by atoms with Gasteiger partial charge in [0, 0.05) is 13.6 Å². The van der Waals surface area contributed by atoms with Crippen LogP contribution in [0.5, 0.6) is 0 Å². The highest BCUT2D eigenvalue weighted by atomic mass is 16.5. The van der Waals surface area contributed by atoms with Crippen LogP contribution in [0.2, 0.25) is 0 Å². The molecular formula is C11H15N3O4. The van der Waals surface area contributed by atoms with E-state index in [-0.39, 0.29) is 18.1 Å². The third kappa shape index (κ3) is 3.69. The lowest BCUT2D eigenvalue weighted by Crippen LogP contribution is -2.23. The van der Waals surface area contributed by atoms with Gasteiger partial charge in [0.1, 0.15) is 5.82 Å². The Bertz CT molecular complexity index is 436. The molecule has 0 saturated carbocycles. The summed E-state index contributed by atoms with van der Waals surface area (Å²) in [6.45, 7) is 0.423. The molecular weight excluding hydrogens is 238 g/mol. The van der Waals surface area contributed by atoms with Crippen molar-refractivity contribution in [1.29, 1.82) is 0 Å². The molecule has 7 nitrogen and oxygen atoms in total. The molecule has 0 spiro atoms. The van der Waals surface area contributed by atoms with Gasteiger partial charge in [0.25, 0.3) is 0 Å². The first kappa shape index (κ1) is 13.9. The molecule has 0 unspecified atom stereocenters. The van der Waals surface area contributed by atoms with Gasteiger partial charge in [0.15, 0.2) is 5.69 Å². The summed E-state index contributed by atoms with van der Waals surface area (Å²) >= 11 is 0. The van der Waals surface area contributed by atoms with Crippen molar-refractivity contribution >= 4 is 17.8 Å². The van der Waals surface area contributed by atoms with E-state index in [4.69, 9.17) is 0 Å². The predicted molar refractivity (Wildman–Crippen MR) is 63.3 cm³/mol. The summed E-state index contributed by atoms with van der Waals surface area (Å²) in [5, 5.41) is 0. The Morgan fingerprint density at radius 1 is 1.28 bits per heavy atom. The van der Waals surface area contributed by atoms with E-state index in [2.05, 4.69) is 19.4 Å². The quantitative estimate of drug-likeness (QED) is 0.696. The number of hydrogen-bond acceptors (Lipinski definition) is 7. The van der Waals surface area contributed by atoms with Gasteiger partial charge in [-0.05, 0) is 0 Å². The van der Waals surface area contributed by atoms with Gasteiger partial charge < -0.3 is 14.4 Å². The Hall–Kier alpha value is -2.18. The number of anilines is 1. The van der Waals surface area contributed by atoms with Gasteiger partial charge in [-0.3, -0.25) is 9.78 Å². The molecule has 98 valence electrons. The summed E-state index contributed by atoms with van der Waals surface area (Å²) in [6, 6.07) is 0. The summed E-state index contributed by atoms with van der Waals surface area (Å²) in [4.78, 5) is 32.0. The first-order valence-electron chi connectivity index (χ1n) is 5.26. The van der Waals surface area contributed by atoms with Gasteiger partial charge in [0.2, 0.25) is 0 Å². The van der Waals surface area contributed by atoms with E-state index in [1.165, 1.54) is 26.6 Å². The minimum atomic E-state index is -0.550. The van der Waals surface area contributed by atoms with Crippen molar-refractivity contribution in [2.75, 3.05) is 32.7 Å². The number of rotatable bonds is 5. The maximum absolute atomic E-state index is 11.3. The van der Waals surface area contributed by atoms with Gasteiger partial charge in [-0.25, -0.2) is 9.78 Å². The molecule has 0 amide bonds. The average molecular weight is 253 g/mol. The fourth-order valence-electron chi connectivity index (χ4n) is 1.22. The topological polar surface area (TPSA) is 81.6 Å². The Balaban J connectivity index is 2.71. The number of hydrogen-bond donors (Lipinski definition) is 0. The highest BCUT2D eigenvalue weighted by molar-refractivity contribution is 5.87. The molecule has 7 heteroatoms. The number of carbonyl (C=O) groups excluding carboxylic acids is 2. The van der Waals surface area contributed by atoms with E-state index in [9.17, 15) is 9.59 Å². The third-order valence-electron chi connectivity index (χ3n) is 2.29. The normalized spacial score (nSPS) is 9.72. The highest BCUT2D eigenvalue weighted by Crippen LogP contribution is 2.08. The number of nitrogens with zero attached hydrogens (tertiary/aromatic N) is 3. The van der Waals surface area contributed by atoms with Crippen LogP contribution in [0.4, 0.5) is 5.82 Å². The first-order chi connectivity index (χ1) is 8.58. The predicted octanol–water partition coefficient (Wildman–Crippen LogP) is 0.262. The van der Waals surface area contributed by atoms with Gasteiger partial charge in [-0.2, -0.15) is 0 Å². The summed E-state index contributed by atoms with van der Waals surface area (Å²) < 4.78 is 9.09. The zero-order chi connectivity index (χ0) is 13.5. The van der Waals surface area contributed by atoms with Crippen LogP contribution in [0.1, 0.15) is 16.9 Å². The minimum absolute atomic E-state index is 0.125. The van der Waals surface area contributed by atoms with Gasteiger partial charge in [-0.15, -0.1) is 0 Å². The molecule has 0 aliphatic heterocycles. The zero-order valence-electron chi connectivity index (χ0n) is 10.5. The fourth-order valence-corrected chi connectivity index (χ4v) is 1.22. The van der Waals surface area contributed by atoms with E-state index in [1.807, 2.05) is 0 Å². The number of esters is 2. The molecule has 0 fully saturated rings. The van der Waals surface area contributed by atoms with E-state index < -0.39 is 5.97 Å². The molecule has 1 heterocycles. The lowest BCUT2D eigenvalue weighted by Gasteiger charge is -2.17. The molecule has 18 heavy (non-hydrogen) atoms. The lowest BCUT2D eigenvalue weighted by molar-refractivity contribution is -0.140. The van der Waals surface area contributed by atoms with Crippen molar-refractivity contribution in [2.24, 2.45) is 0 Å².